The van der Waals surface area contributed by atoms with Crippen LogP contribution in [0.5, 0.6) is 0 Å². The van der Waals surface area contributed by atoms with Crippen LogP contribution in [0.3, 0.4) is 0 Å². The van der Waals surface area contributed by atoms with Crippen molar-refractivity contribution in [3.8, 4) is 0 Å². The van der Waals surface area contributed by atoms with Crippen molar-refractivity contribution < 1.29 is 39.1 Å². The quantitative estimate of drug-likeness (QED) is 0.372. The van der Waals surface area contributed by atoms with Gasteiger partial charge in [-0.2, -0.15) is 0 Å². The minimum Gasteiger partial charge on any atom is -0.458 e. The van der Waals surface area contributed by atoms with E-state index in [0.29, 0.717) is 18.4 Å². The molecule has 214 valence electrons. The molecule has 0 aromatic carbocycles. The monoisotopic (exact) mass is 534 g/mol. The summed E-state index contributed by atoms with van der Waals surface area (Å²) in [5.74, 6) is 1.22. The number of carbonyl (C=O) groups excluding carboxylic acids is 1. The third-order valence-electron chi connectivity index (χ3n) is 12.3. The molecular weight excluding hydrogens is 488 g/mol. The molecule has 2 aliphatic heterocycles. The highest BCUT2D eigenvalue weighted by atomic mass is 16.7. The van der Waals surface area contributed by atoms with Gasteiger partial charge in [0.25, 0.3) is 0 Å². The highest BCUT2D eigenvalue weighted by Crippen LogP contribution is 2.70. The molecule has 13 atom stereocenters. The van der Waals surface area contributed by atoms with E-state index in [4.69, 9.17) is 18.9 Å². The van der Waals surface area contributed by atoms with Gasteiger partial charge in [0.15, 0.2) is 6.29 Å². The molecule has 4 saturated carbocycles. The molecule has 8 nitrogen and oxygen atoms in total. The van der Waals surface area contributed by atoms with Crippen LogP contribution in [-0.2, 0) is 23.7 Å². The van der Waals surface area contributed by atoms with Gasteiger partial charge in [-0.05, 0) is 99.4 Å². The number of methoxy groups -OCH3 is 1. The van der Waals surface area contributed by atoms with Gasteiger partial charge in [-0.15, -0.1) is 0 Å². The minimum absolute atomic E-state index is 0.0103. The number of rotatable bonds is 4. The summed E-state index contributed by atoms with van der Waals surface area (Å²) in [5, 5.41) is 33.5. The van der Waals surface area contributed by atoms with Gasteiger partial charge in [0, 0.05) is 18.6 Å². The van der Waals surface area contributed by atoms with E-state index in [1.807, 2.05) is 0 Å². The summed E-state index contributed by atoms with van der Waals surface area (Å²) in [6, 6.07) is 0. The van der Waals surface area contributed by atoms with Crippen molar-refractivity contribution >= 4 is 5.97 Å². The molecule has 0 spiro atoms. The van der Waals surface area contributed by atoms with E-state index in [9.17, 15) is 20.1 Å². The van der Waals surface area contributed by atoms with Crippen LogP contribution in [0.2, 0.25) is 0 Å². The molecule has 0 aromatic rings. The summed E-state index contributed by atoms with van der Waals surface area (Å²) in [4.78, 5) is 11.8. The van der Waals surface area contributed by atoms with Crippen LogP contribution < -0.4 is 0 Å². The number of hydrogen-bond donors (Lipinski definition) is 3. The van der Waals surface area contributed by atoms with Gasteiger partial charge >= 0.3 is 5.97 Å². The van der Waals surface area contributed by atoms with Crippen molar-refractivity contribution in [3.05, 3.63) is 11.6 Å². The smallest absolute Gasteiger partial charge is 0.331 e. The molecule has 4 aliphatic carbocycles. The van der Waals surface area contributed by atoms with Crippen molar-refractivity contribution in [3.63, 3.8) is 0 Å². The molecule has 0 radical (unpaired) electrons. The van der Waals surface area contributed by atoms with Gasteiger partial charge in [-0.3, -0.25) is 0 Å². The van der Waals surface area contributed by atoms with Crippen LogP contribution in [0.4, 0.5) is 0 Å². The van der Waals surface area contributed by atoms with Gasteiger partial charge in [-0.1, -0.05) is 13.8 Å². The Hall–Kier alpha value is -1.03. The average molecular weight is 535 g/mol. The first kappa shape index (κ1) is 27.2. The Kier molecular flexibility index (Phi) is 6.80. The Morgan fingerprint density at radius 1 is 1.00 bits per heavy atom. The largest absolute Gasteiger partial charge is 0.458 e. The fourth-order valence-electron chi connectivity index (χ4n) is 10.1. The SMILES string of the molecule is CO[C@H]1[C@@H](O)[C@@H](C)O[C@@H](O[C@H]2CC[C@@]3(C)[C@H](CC[C@@H]4[C@@H]3CC[C@]3(C)[C@@H](C5=CC(=O)OC5)CC[C@]43O)C2)[C@@H]1O. The third kappa shape index (κ3) is 3.88. The fraction of sp³-hybridized carbons (Fsp3) is 0.900. The van der Waals surface area contributed by atoms with Crippen LogP contribution in [0, 0.1) is 34.5 Å². The molecule has 3 N–H and O–H groups in total. The highest BCUT2D eigenvalue weighted by molar-refractivity contribution is 5.85. The predicted molar refractivity (Wildman–Crippen MR) is 138 cm³/mol. The van der Waals surface area contributed by atoms with Crippen molar-refractivity contribution in [2.75, 3.05) is 13.7 Å². The molecule has 0 bridgehead atoms. The zero-order valence-electron chi connectivity index (χ0n) is 23.3. The Morgan fingerprint density at radius 2 is 1.79 bits per heavy atom. The maximum Gasteiger partial charge on any atom is 0.331 e. The Labute approximate surface area is 226 Å². The number of fused-ring (bicyclic) bond motifs is 5. The molecule has 0 unspecified atom stereocenters. The number of carbonyl (C=O) groups is 1. The standard InChI is InChI=1S/C30H46O8/c1-16-24(32)26(35-4)25(33)27(37-16)38-19-7-10-28(2)18(14-19)5-6-22-21(28)8-11-29(3)20(9-12-30(22,29)34)17-13-23(31)36-15-17/h13,16,18-22,24-27,32-34H,5-12,14-15H2,1-4H3/t16-,18-,19+,20-,21+,22-,24+,25-,26+,27+,28+,29-,30+/m1/s1. The summed E-state index contributed by atoms with van der Waals surface area (Å²) < 4.78 is 22.8. The van der Waals surface area contributed by atoms with Gasteiger partial charge in [-0.25, -0.2) is 4.79 Å². The average Bonchev–Trinajstić information content (AvgIpc) is 3.43. The molecule has 6 rings (SSSR count). The second-order valence-corrected chi connectivity index (χ2v) is 13.7. The first-order valence-corrected chi connectivity index (χ1v) is 14.8. The predicted octanol–water partition coefficient (Wildman–Crippen LogP) is 3.11. The second-order valence-electron chi connectivity index (χ2n) is 13.7. The summed E-state index contributed by atoms with van der Waals surface area (Å²) in [7, 11) is 1.49. The first-order valence-electron chi connectivity index (χ1n) is 14.8. The molecular formula is C30H46O8. The van der Waals surface area contributed by atoms with E-state index in [0.717, 1.165) is 63.4 Å². The van der Waals surface area contributed by atoms with E-state index < -0.39 is 36.3 Å². The molecule has 1 saturated heterocycles. The second kappa shape index (κ2) is 9.52. The zero-order chi connectivity index (χ0) is 27.0. The van der Waals surface area contributed by atoms with E-state index >= 15 is 0 Å². The number of esters is 1. The minimum atomic E-state index is -1.04. The van der Waals surface area contributed by atoms with E-state index in [2.05, 4.69) is 13.8 Å². The van der Waals surface area contributed by atoms with Crippen molar-refractivity contribution in [1.82, 2.24) is 0 Å². The molecule has 0 aromatic heterocycles. The molecule has 8 heteroatoms. The lowest BCUT2D eigenvalue weighted by Gasteiger charge is -2.64. The molecule has 38 heavy (non-hydrogen) atoms. The Balaban J connectivity index is 1.16. The molecule has 0 amide bonds. The normalized spacial score (nSPS) is 54.5. The number of cyclic esters (lactones) is 1. The molecule has 5 fully saturated rings. The highest BCUT2D eigenvalue weighted by Gasteiger charge is 2.67. The Bertz CT molecular complexity index is 968. The van der Waals surface area contributed by atoms with Crippen molar-refractivity contribution in [2.45, 2.75) is 121 Å². The van der Waals surface area contributed by atoms with E-state index in [-0.39, 0.29) is 34.7 Å². The number of hydrogen-bond acceptors (Lipinski definition) is 8. The Morgan fingerprint density at radius 3 is 2.50 bits per heavy atom. The summed E-state index contributed by atoms with van der Waals surface area (Å²) >= 11 is 0. The number of aliphatic hydroxyl groups is 3. The van der Waals surface area contributed by atoms with Crippen LogP contribution in [0.1, 0.15) is 78.6 Å². The van der Waals surface area contributed by atoms with Gasteiger partial charge < -0.3 is 34.3 Å². The third-order valence-corrected chi connectivity index (χ3v) is 12.3. The number of aliphatic hydroxyl groups excluding tert-OH is 2. The first-order chi connectivity index (χ1) is 18.0. The summed E-state index contributed by atoms with van der Waals surface area (Å²) in [6.07, 6.45) is 6.45. The van der Waals surface area contributed by atoms with Gasteiger partial charge in [0.2, 0.25) is 0 Å². The molecule has 6 aliphatic rings. The zero-order valence-corrected chi connectivity index (χ0v) is 23.3. The fourth-order valence-corrected chi connectivity index (χ4v) is 10.1. The summed E-state index contributed by atoms with van der Waals surface area (Å²) in [6.45, 7) is 6.87. The molecule has 2 heterocycles. The lowest BCUT2D eigenvalue weighted by molar-refractivity contribution is -0.313. The topological polar surface area (TPSA) is 115 Å². The summed E-state index contributed by atoms with van der Waals surface area (Å²) in [5.41, 5.74) is 0.300. The van der Waals surface area contributed by atoms with Crippen LogP contribution in [0.15, 0.2) is 11.6 Å². The van der Waals surface area contributed by atoms with Gasteiger partial charge in [0.1, 0.15) is 24.9 Å². The lowest BCUT2D eigenvalue weighted by atomic mass is 9.43. The van der Waals surface area contributed by atoms with Crippen molar-refractivity contribution in [2.24, 2.45) is 34.5 Å². The maximum atomic E-state index is 12.4. The lowest BCUT2D eigenvalue weighted by Crippen LogP contribution is -2.62. The number of ether oxygens (including phenoxy) is 4. The van der Waals surface area contributed by atoms with Crippen LogP contribution in [0.25, 0.3) is 0 Å². The van der Waals surface area contributed by atoms with Crippen LogP contribution in [-0.4, -0.2) is 77.4 Å². The van der Waals surface area contributed by atoms with Crippen molar-refractivity contribution in [1.29, 1.82) is 0 Å². The van der Waals surface area contributed by atoms with Gasteiger partial charge in [0.05, 0.1) is 17.8 Å². The van der Waals surface area contributed by atoms with E-state index in [1.165, 1.54) is 7.11 Å². The van der Waals surface area contributed by atoms with E-state index in [1.54, 1.807) is 13.0 Å². The van der Waals surface area contributed by atoms with Crippen LogP contribution >= 0.6 is 0 Å². The maximum absolute atomic E-state index is 12.4.